The fraction of sp³-hybridized carbons (Fsp3) is 0.538. The highest BCUT2D eigenvalue weighted by Crippen LogP contribution is 2.34. The Kier molecular flexibility index (Phi) is 10.4. The summed E-state index contributed by atoms with van der Waals surface area (Å²) in [5.74, 6) is 0.846. The smallest absolute Gasteiger partial charge is 0.186 e. The molecule has 7 atom stereocenters. The maximum atomic E-state index is 10.8. The van der Waals surface area contributed by atoms with Gasteiger partial charge in [-0.05, 0) is 55.2 Å². The van der Waals surface area contributed by atoms with Gasteiger partial charge in [0.2, 0.25) is 0 Å². The van der Waals surface area contributed by atoms with Crippen LogP contribution in [0.25, 0.3) is 0 Å². The lowest BCUT2D eigenvalue weighted by Crippen LogP contribution is -2.57. The molecule has 1 fully saturated rings. The van der Waals surface area contributed by atoms with Gasteiger partial charge in [-0.3, -0.25) is 0 Å². The van der Waals surface area contributed by atoms with E-state index < -0.39 is 49.5 Å². The van der Waals surface area contributed by atoms with E-state index >= 15 is 0 Å². The molecule has 0 saturated carbocycles. The molecule has 206 valence electrons. The van der Waals surface area contributed by atoms with Gasteiger partial charge in [-0.2, -0.15) is 0 Å². The zero-order valence-electron chi connectivity index (χ0n) is 21.1. The molecule has 0 unspecified atom stereocenters. The monoisotopic (exact) mass is 524 g/mol. The number of aliphatic hydroxyl groups is 5. The van der Waals surface area contributed by atoms with Gasteiger partial charge in [0.05, 0.1) is 33.5 Å². The maximum Gasteiger partial charge on any atom is 0.186 e. The van der Waals surface area contributed by atoms with Gasteiger partial charge in [0.25, 0.3) is 0 Å². The number of phenolic OH excluding ortho intramolecular Hbond substituents is 1. The van der Waals surface area contributed by atoms with Crippen LogP contribution < -0.4 is 14.2 Å². The Morgan fingerprint density at radius 2 is 1.65 bits per heavy atom. The van der Waals surface area contributed by atoms with E-state index in [1.54, 1.807) is 19.1 Å². The van der Waals surface area contributed by atoms with Gasteiger partial charge in [0, 0.05) is 0 Å². The third kappa shape index (κ3) is 7.02. The first-order valence-corrected chi connectivity index (χ1v) is 12.0. The molecule has 6 N–H and O–H groups in total. The van der Waals surface area contributed by atoms with E-state index in [0.717, 1.165) is 5.56 Å². The van der Waals surface area contributed by atoms with Crippen LogP contribution in [0.15, 0.2) is 36.4 Å². The van der Waals surface area contributed by atoms with Gasteiger partial charge in [-0.25, -0.2) is 0 Å². The van der Waals surface area contributed by atoms with Crippen molar-refractivity contribution in [2.24, 2.45) is 0 Å². The molecule has 3 rings (SSSR count). The number of aliphatic hydroxyl groups excluding tert-OH is 5. The summed E-state index contributed by atoms with van der Waals surface area (Å²) in [5.41, 5.74) is 1.30. The van der Waals surface area contributed by atoms with Crippen LogP contribution in [-0.2, 0) is 15.9 Å². The van der Waals surface area contributed by atoms with E-state index in [2.05, 4.69) is 0 Å². The SMILES string of the molecule is COc1cc([C@H](O)[C@H](CO)Oc2ccc(CCCO[C@H]3O[C@H](C)[C@@H](O)[C@H](O)[C@@H]3O)cc2OC)ccc1O. The van der Waals surface area contributed by atoms with Gasteiger partial charge in [0.1, 0.15) is 24.4 Å². The highest BCUT2D eigenvalue weighted by atomic mass is 16.7. The van der Waals surface area contributed by atoms with Crippen molar-refractivity contribution in [2.75, 3.05) is 27.4 Å². The Morgan fingerprint density at radius 3 is 2.32 bits per heavy atom. The lowest BCUT2D eigenvalue weighted by atomic mass is 10.00. The fourth-order valence-electron chi connectivity index (χ4n) is 4.05. The summed E-state index contributed by atoms with van der Waals surface area (Å²) in [4.78, 5) is 0. The molecule has 2 aromatic carbocycles. The summed E-state index contributed by atoms with van der Waals surface area (Å²) in [6.07, 6.45) is -6.63. The van der Waals surface area contributed by atoms with Crippen molar-refractivity contribution < 1.29 is 54.3 Å². The molecule has 11 heteroatoms. The van der Waals surface area contributed by atoms with Gasteiger partial charge < -0.3 is 54.3 Å². The summed E-state index contributed by atoms with van der Waals surface area (Å²) in [6.45, 7) is 1.35. The zero-order chi connectivity index (χ0) is 27.1. The summed E-state index contributed by atoms with van der Waals surface area (Å²) in [7, 11) is 2.88. The first-order valence-electron chi connectivity index (χ1n) is 12.0. The molecular weight excluding hydrogens is 488 g/mol. The van der Waals surface area contributed by atoms with Crippen molar-refractivity contribution in [3.8, 4) is 23.0 Å². The standard InChI is InChI=1S/C26H36O11/c1-14-22(29)24(31)25(32)26(36-14)35-10-4-5-15-6-9-18(20(11-15)34-3)37-21(13-27)23(30)16-7-8-17(28)19(12-16)33-2/h6-9,11-12,14,21-32H,4-5,10,13H2,1-3H3/t14-,21+,22-,23+,24+,25+,26+/m1/s1. The molecular formula is C26H36O11. The number of benzene rings is 2. The van der Waals surface area contributed by atoms with Crippen molar-refractivity contribution in [1.82, 2.24) is 0 Å². The zero-order valence-corrected chi connectivity index (χ0v) is 21.1. The van der Waals surface area contributed by atoms with E-state index in [9.17, 15) is 30.6 Å². The fourth-order valence-corrected chi connectivity index (χ4v) is 4.05. The molecule has 0 aromatic heterocycles. The molecule has 0 radical (unpaired) electrons. The van der Waals surface area contributed by atoms with E-state index in [0.29, 0.717) is 29.9 Å². The lowest BCUT2D eigenvalue weighted by Gasteiger charge is -2.38. The number of ether oxygens (including phenoxy) is 5. The number of rotatable bonds is 12. The van der Waals surface area contributed by atoms with Gasteiger partial charge in [0.15, 0.2) is 35.4 Å². The molecule has 1 saturated heterocycles. The van der Waals surface area contributed by atoms with Crippen LogP contribution in [0.2, 0.25) is 0 Å². The van der Waals surface area contributed by atoms with Crippen LogP contribution in [0.3, 0.4) is 0 Å². The highest BCUT2D eigenvalue weighted by molar-refractivity contribution is 5.44. The summed E-state index contributed by atoms with van der Waals surface area (Å²) in [5, 5.41) is 60.1. The lowest BCUT2D eigenvalue weighted by molar-refractivity contribution is -0.293. The molecule has 1 aliphatic heterocycles. The number of aryl methyl sites for hydroxylation is 1. The Balaban J connectivity index is 1.58. The highest BCUT2D eigenvalue weighted by Gasteiger charge is 2.42. The molecule has 0 amide bonds. The molecule has 1 aliphatic rings. The second-order valence-corrected chi connectivity index (χ2v) is 8.86. The van der Waals surface area contributed by atoms with Crippen molar-refractivity contribution in [3.63, 3.8) is 0 Å². The topological polar surface area (TPSA) is 168 Å². The van der Waals surface area contributed by atoms with Crippen molar-refractivity contribution in [3.05, 3.63) is 47.5 Å². The minimum Gasteiger partial charge on any atom is -0.504 e. The second-order valence-electron chi connectivity index (χ2n) is 8.86. The van der Waals surface area contributed by atoms with Crippen LogP contribution >= 0.6 is 0 Å². The summed E-state index contributed by atoms with van der Waals surface area (Å²) < 4.78 is 27.4. The van der Waals surface area contributed by atoms with Gasteiger partial charge in [-0.1, -0.05) is 12.1 Å². The normalized spacial score (nSPS) is 25.4. The van der Waals surface area contributed by atoms with E-state index in [-0.39, 0.29) is 18.1 Å². The van der Waals surface area contributed by atoms with E-state index in [1.165, 1.54) is 32.4 Å². The first kappa shape index (κ1) is 28.9. The van der Waals surface area contributed by atoms with Gasteiger partial charge in [-0.15, -0.1) is 0 Å². The third-order valence-corrected chi connectivity index (χ3v) is 6.28. The first-order chi connectivity index (χ1) is 17.7. The Morgan fingerprint density at radius 1 is 0.919 bits per heavy atom. The van der Waals surface area contributed by atoms with Crippen LogP contribution in [0, 0.1) is 0 Å². The van der Waals surface area contributed by atoms with Crippen molar-refractivity contribution in [2.45, 2.75) is 62.7 Å². The van der Waals surface area contributed by atoms with Crippen LogP contribution in [0.4, 0.5) is 0 Å². The predicted octanol–water partition coefficient (Wildman–Crippen LogP) is 0.659. The Labute approximate surface area is 215 Å². The second kappa shape index (κ2) is 13.2. The molecule has 2 aromatic rings. The van der Waals surface area contributed by atoms with Crippen molar-refractivity contribution >= 4 is 0 Å². The summed E-state index contributed by atoms with van der Waals surface area (Å²) >= 11 is 0. The molecule has 0 aliphatic carbocycles. The maximum absolute atomic E-state index is 10.8. The molecule has 0 spiro atoms. The predicted molar refractivity (Wildman–Crippen MR) is 131 cm³/mol. The van der Waals surface area contributed by atoms with Crippen LogP contribution in [-0.4, -0.2) is 94.9 Å². The van der Waals surface area contributed by atoms with Crippen LogP contribution in [0.1, 0.15) is 30.6 Å². The number of aromatic hydroxyl groups is 1. The number of phenols is 1. The number of methoxy groups -OCH3 is 2. The van der Waals surface area contributed by atoms with E-state index in [1.807, 2.05) is 6.07 Å². The number of hydrogen-bond acceptors (Lipinski definition) is 11. The minimum absolute atomic E-state index is 0.0732. The number of hydrogen-bond donors (Lipinski definition) is 6. The minimum atomic E-state index is -1.35. The summed E-state index contributed by atoms with van der Waals surface area (Å²) in [6, 6.07) is 9.63. The molecule has 11 nitrogen and oxygen atoms in total. The molecule has 1 heterocycles. The van der Waals surface area contributed by atoms with Crippen molar-refractivity contribution in [1.29, 1.82) is 0 Å². The van der Waals surface area contributed by atoms with Crippen LogP contribution in [0.5, 0.6) is 23.0 Å². The largest absolute Gasteiger partial charge is 0.504 e. The molecule has 0 bridgehead atoms. The van der Waals surface area contributed by atoms with E-state index in [4.69, 9.17) is 23.7 Å². The Bertz CT molecular complexity index is 1000. The Hall–Kier alpha value is -2.64. The average Bonchev–Trinajstić information content (AvgIpc) is 2.91. The van der Waals surface area contributed by atoms with Gasteiger partial charge >= 0.3 is 0 Å². The quantitative estimate of drug-likeness (QED) is 0.216. The molecule has 37 heavy (non-hydrogen) atoms. The average molecular weight is 525 g/mol. The third-order valence-electron chi connectivity index (χ3n) is 6.28.